The highest BCUT2D eigenvalue weighted by Gasteiger charge is 2.32. The molecule has 2 heterocycles. The zero-order chi connectivity index (χ0) is 23.0. The molecule has 0 spiro atoms. The minimum absolute atomic E-state index is 0.605. The third kappa shape index (κ3) is 2.83. The molecule has 4 aromatic carbocycles. The Kier molecular flexibility index (Phi) is 4.32. The first-order valence-electron chi connectivity index (χ1n) is 11.9. The van der Waals surface area contributed by atoms with Crippen LogP contribution in [0.5, 0.6) is 11.5 Å². The molecule has 0 amide bonds. The molecule has 6 rings (SSSR count). The summed E-state index contributed by atoms with van der Waals surface area (Å²) in [4.78, 5) is 0. The van der Waals surface area contributed by atoms with Crippen molar-refractivity contribution < 1.29 is 9.30 Å². The molecule has 0 aliphatic carbocycles. The molecule has 0 bridgehead atoms. The first-order valence-corrected chi connectivity index (χ1v) is 11.9. The van der Waals surface area contributed by atoms with Gasteiger partial charge in [0.2, 0.25) is 5.69 Å². The Hall–Kier alpha value is -3.39. The molecule has 0 radical (unpaired) electrons. The zero-order valence-electron chi connectivity index (χ0n) is 20.3. The normalized spacial score (nSPS) is 12.6. The van der Waals surface area contributed by atoms with Crippen LogP contribution in [-0.4, -0.2) is 0 Å². The number of pyridine rings is 1. The molecule has 1 aliphatic heterocycles. The van der Waals surface area contributed by atoms with E-state index in [9.17, 15) is 0 Å². The summed E-state index contributed by atoms with van der Waals surface area (Å²) in [5.74, 6) is 2.58. The third-order valence-electron chi connectivity index (χ3n) is 7.33. The second kappa shape index (κ2) is 7.05. The highest BCUT2D eigenvalue weighted by molar-refractivity contribution is 6.16. The number of nitrogens with zero attached hydrogens (tertiary/aromatic N) is 1. The van der Waals surface area contributed by atoms with E-state index in [1.54, 1.807) is 0 Å². The maximum absolute atomic E-state index is 6.81. The van der Waals surface area contributed by atoms with Crippen LogP contribution in [0, 0.1) is 26.7 Å². The number of fused-ring (bicyclic) bond motifs is 5. The van der Waals surface area contributed by atoms with E-state index in [0.717, 1.165) is 17.9 Å². The minimum atomic E-state index is 0.605. The van der Waals surface area contributed by atoms with Gasteiger partial charge in [-0.1, -0.05) is 55.8 Å². The lowest BCUT2D eigenvalue weighted by molar-refractivity contribution is -0.659. The zero-order valence-corrected chi connectivity index (χ0v) is 20.3. The van der Waals surface area contributed by atoms with Crippen LogP contribution in [0.3, 0.4) is 0 Å². The third-order valence-corrected chi connectivity index (χ3v) is 7.33. The number of hydrogen-bond acceptors (Lipinski definition) is 1. The van der Waals surface area contributed by atoms with E-state index < -0.39 is 0 Å². The molecule has 0 fully saturated rings. The number of rotatable bonds is 2. The van der Waals surface area contributed by atoms with Crippen molar-refractivity contribution in [3.63, 3.8) is 0 Å². The SMILES string of the molecule is Cc1ccc2c(C)c3c(c(C)c2c1)-c1c2c(cc4c(CC(C)C)cccc4c2cc[n+]1C)O3. The summed E-state index contributed by atoms with van der Waals surface area (Å²) in [5.41, 5.74) is 7.66. The van der Waals surface area contributed by atoms with E-state index in [2.05, 4.69) is 101 Å². The Morgan fingerprint density at radius 3 is 2.42 bits per heavy atom. The Bertz CT molecular complexity index is 1620. The predicted molar refractivity (Wildman–Crippen MR) is 138 cm³/mol. The molecule has 2 heteroatoms. The summed E-state index contributed by atoms with van der Waals surface area (Å²) in [5, 5.41) is 7.70. The highest BCUT2D eigenvalue weighted by atomic mass is 16.5. The molecular formula is C31H30NO+. The van der Waals surface area contributed by atoms with Gasteiger partial charge in [-0.2, -0.15) is 0 Å². The lowest BCUT2D eigenvalue weighted by atomic mass is 9.87. The summed E-state index contributed by atoms with van der Waals surface area (Å²) in [6.45, 7) is 11.2. The van der Waals surface area contributed by atoms with Gasteiger partial charge in [0.15, 0.2) is 6.20 Å². The van der Waals surface area contributed by atoms with Crippen LogP contribution in [0.4, 0.5) is 0 Å². The summed E-state index contributed by atoms with van der Waals surface area (Å²) in [6, 6.07) is 18.0. The molecule has 0 unspecified atom stereocenters. The molecule has 0 atom stereocenters. The summed E-state index contributed by atoms with van der Waals surface area (Å²) in [6.07, 6.45) is 3.27. The van der Waals surface area contributed by atoms with Crippen LogP contribution in [0.1, 0.15) is 36.1 Å². The van der Waals surface area contributed by atoms with Gasteiger partial charge in [0, 0.05) is 17.0 Å². The van der Waals surface area contributed by atoms with E-state index >= 15 is 0 Å². The van der Waals surface area contributed by atoms with Gasteiger partial charge in [0.05, 0.1) is 10.9 Å². The largest absolute Gasteiger partial charge is 0.455 e. The molecule has 0 saturated carbocycles. The quantitative estimate of drug-likeness (QED) is 0.200. The van der Waals surface area contributed by atoms with E-state index in [1.807, 2.05) is 0 Å². The average molecular weight is 433 g/mol. The lowest BCUT2D eigenvalue weighted by Gasteiger charge is -2.25. The Morgan fingerprint density at radius 1 is 0.818 bits per heavy atom. The molecule has 164 valence electrons. The number of ether oxygens (including phenoxy) is 1. The summed E-state index contributed by atoms with van der Waals surface area (Å²) in [7, 11) is 2.16. The number of aromatic nitrogens is 1. The number of aryl methyl sites for hydroxylation is 4. The average Bonchev–Trinajstić information content (AvgIpc) is 2.78. The van der Waals surface area contributed by atoms with Crippen molar-refractivity contribution in [3.8, 4) is 22.8 Å². The van der Waals surface area contributed by atoms with Gasteiger partial charge in [-0.15, -0.1) is 0 Å². The van der Waals surface area contributed by atoms with E-state index in [4.69, 9.17) is 4.74 Å². The van der Waals surface area contributed by atoms with E-state index in [-0.39, 0.29) is 0 Å². The van der Waals surface area contributed by atoms with Gasteiger partial charge < -0.3 is 4.74 Å². The van der Waals surface area contributed by atoms with Crippen LogP contribution in [-0.2, 0) is 13.5 Å². The van der Waals surface area contributed by atoms with E-state index in [0.29, 0.717) is 5.92 Å². The smallest absolute Gasteiger partial charge is 0.228 e. The van der Waals surface area contributed by atoms with Gasteiger partial charge in [-0.25, -0.2) is 4.57 Å². The fourth-order valence-corrected chi connectivity index (χ4v) is 5.78. The molecule has 1 aliphatic rings. The van der Waals surface area contributed by atoms with Crippen LogP contribution >= 0.6 is 0 Å². The Balaban J connectivity index is 1.78. The monoisotopic (exact) mass is 432 g/mol. The Labute approximate surface area is 195 Å². The second-order valence-corrected chi connectivity index (χ2v) is 10.2. The van der Waals surface area contributed by atoms with Crippen molar-refractivity contribution >= 4 is 32.3 Å². The maximum Gasteiger partial charge on any atom is 0.228 e. The topological polar surface area (TPSA) is 13.1 Å². The van der Waals surface area contributed by atoms with E-state index in [1.165, 1.54) is 65.8 Å². The molecule has 0 N–H and O–H groups in total. The van der Waals surface area contributed by atoms with Gasteiger partial charge in [0.1, 0.15) is 18.5 Å². The molecule has 2 nitrogen and oxygen atoms in total. The summed E-state index contributed by atoms with van der Waals surface area (Å²) >= 11 is 0. The number of hydrogen-bond donors (Lipinski definition) is 0. The standard InChI is InChI=1S/C31H30NO/c1-17(2)14-21-8-7-9-23-24-12-13-32(6)30-28-19(4)25-15-18(3)10-11-22(25)20(5)31(28)33-27(29(24)30)16-26(21)23/h7-13,15-17H,14H2,1-6H3/q+1. The fraction of sp³-hybridized carbons (Fsp3) is 0.258. The first kappa shape index (κ1) is 20.2. The van der Waals surface area contributed by atoms with Crippen LogP contribution in [0.2, 0.25) is 0 Å². The van der Waals surface area contributed by atoms with Crippen LogP contribution in [0.25, 0.3) is 43.6 Å². The van der Waals surface area contributed by atoms with Crippen LogP contribution in [0.15, 0.2) is 54.7 Å². The van der Waals surface area contributed by atoms with Gasteiger partial charge in [-0.05, 0) is 71.8 Å². The van der Waals surface area contributed by atoms with Crippen molar-refractivity contribution in [3.05, 3.63) is 77.0 Å². The van der Waals surface area contributed by atoms with Gasteiger partial charge >= 0.3 is 0 Å². The molecule has 5 aromatic rings. The van der Waals surface area contributed by atoms with Crippen molar-refractivity contribution in [2.24, 2.45) is 13.0 Å². The highest BCUT2D eigenvalue weighted by Crippen LogP contribution is 2.51. The van der Waals surface area contributed by atoms with Gasteiger partial charge in [-0.3, -0.25) is 0 Å². The first-order chi connectivity index (χ1) is 15.8. The summed E-state index contributed by atoms with van der Waals surface area (Å²) < 4.78 is 9.08. The van der Waals surface area contributed by atoms with Crippen LogP contribution < -0.4 is 9.30 Å². The predicted octanol–water partition coefficient (Wildman–Crippen LogP) is 7.87. The second-order valence-electron chi connectivity index (χ2n) is 10.2. The number of benzene rings is 4. The van der Waals surface area contributed by atoms with Crippen molar-refractivity contribution in [1.82, 2.24) is 0 Å². The molecule has 33 heavy (non-hydrogen) atoms. The maximum atomic E-state index is 6.81. The molecule has 1 aromatic heterocycles. The Morgan fingerprint density at radius 2 is 1.64 bits per heavy atom. The van der Waals surface area contributed by atoms with Crippen molar-refractivity contribution in [1.29, 1.82) is 0 Å². The van der Waals surface area contributed by atoms with Gasteiger partial charge in [0.25, 0.3) is 0 Å². The minimum Gasteiger partial charge on any atom is -0.455 e. The fourth-order valence-electron chi connectivity index (χ4n) is 5.78. The lowest BCUT2D eigenvalue weighted by Crippen LogP contribution is -2.32. The molecule has 0 saturated heterocycles. The van der Waals surface area contributed by atoms with Crippen molar-refractivity contribution in [2.75, 3.05) is 0 Å². The molecular weight excluding hydrogens is 402 g/mol. The van der Waals surface area contributed by atoms with Crippen molar-refractivity contribution in [2.45, 2.75) is 41.0 Å².